The number of carbonyl (C=O) groups excluding carboxylic acids is 1. The molecule has 0 radical (unpaired) electrons. The zero-order valence-electron chi connectivity index (χ0n) is 9.38. The summed E-state index contributed by atoms with van der Waals surface area (Å²) in [5.41, 5.74) is 3.31. The first-order chi connectivity index (χ1) is 8.75. The number of hydrazone groups is 1. The van der Waals surface area contributed by atoms with Crippen LogP contribution in [0, 0.1) is 5.82 Å². The highest BCUT2D eigenvalue weighted by atomic mass is 19.1. The molecule has 0 atom stereocenters. The summed E-state index contributed by atoms with van der Waals surface area (Å²) in [6, 6.07) is 10.8. The second-order valence-electron chi connectivity index (χ2n) is 3.47. The standard InChI is InChI=1S/C13H10FN3O/c14-11-6-4-10(5-7-11)9-16-17-13(18)12-3-1-2-8-15-12/h1-9H,(H,17,18)/b16-9-. The number of rotatable bonds is 3. The normalized spacial score (nSPS) is 10.5. The van der Waals surface area contributed by atoms with Gasteiger partial charge in [-0.3, -0.25) is 9.78 Å². The van der Waals surface area contributed by atoms with E-state index in [1.807, 2.05) is 0 Å². The van der Waals surface area contributed by atoms with Gasteiger partial charge in [0, 0.05) is 6.20 Å². The van der Waals surface area contributed by atoms with Crippen molar-refractivity contribution < 1.29 is 9.18 Å². The Kier molecular flexibility index (Phi) is 3.76. The van der Waals surface area contributed by atoms with E-state index >= 15 is 0 Å². The van der Waals surface area contributed by atoms with Crippen molar-refractivity contribution in [2.45, 2.75) is 0 Å². The van der Waals surface area contributed by atoms with Gasteiger partial charge in [0.15, 0.2) is 0 Å². The summed E-state index contributed by atoms with van der Waals surface area (Å²) in [4.78, 5) is 15.4. The van der Waals surface area contributed by atoms with E-state index in [2.05, 4.69) is 15.5 Å². The lowest BCUT2D eigenvalue weighted by atomic mass is 10.2. The molecule has 0 bridgehead atoms. The Morgan fingerprint density at radius 2 is 2.00 bits per heavy atom. The molecule has 2 aromatic rings. The molecule has 1 N–H and O–H groups in total. The first-order valence-corrected chi connectivity index (χ1v) is 5.26. The van der Waals surface area contributed by atoms with Crippen molar-refractivity contribution in [1.82, 2.24) is 10.4 Å². The smallest absolute Gasteiger partial charge is 0.266 e. The molecule has 90 valence electrons. The van der Waals surface area contributed by atoms with Crippen molar-refractivity contribution in [2.24, 2.45) is 5.10 Å². The zero-order chi connectivity index (χ0) is 12.8. The van der Waals surface area contributed by atoms with E-state index in [0.29, 0.717) is 5.56 Å². The molecule has 18 heavy (non-hydrogen) atoms. The molecular weight excluding hydrogens is 233 g/mol. The van der Waals surface area contributed by atoms with Gasteiger partial charge < -0.3 is 0 Å². The summed E-state index contributed by atoms with van der Waals surface area (Å²) in [7, 11) is 0. The maximum atomic E-state index is 12.6. The first kappa shape index (κ1) is 11.9. The highest BCUT2D eigenvalue weighted by Gasteiger charge is 2.03. The minimum absolute atomic E-state index is 0.286. The first-order valence-electron chi connectivity index (χ1n) is 5.26. The Balaban J connectivity index is 1.96. The van der Waals surface area contributed by atoms with Crippen LogP contribution in [0.15, 0.2) is 53.8 Å². The summed E-state index contributed by atoms with van der Waals surface area (Å²) in [6.45, 7) is 0. The molecule has 1 heterocycles. The van der Waals surface area contributed by atoms with Gasteiger partial charge in [-0.05, 0) is 29.8 Å². The van der Waals surface area contributed by atoms with Gasteiger partial charge in [0.05, 0.1) is 6.21 Å². The fourth-order valence-corrected chi connectivity index (χ4v) is 1.27. The molecule has 1 aromatic heterocycles. The lowest BCUT2D eigenvalue weighted by Gasteiger charge is -1.97. The minimum atomic E-state index is -0.394. The van der Waals surface area contributed by atoms with Gasteiger partial charge in [0.2, 0.25) is 0 Å². The third-order valence-corrected chi connectivity index (χ3v) is 2.15. The molecule has 1 amide bonds. The van der Waals surface area contributed by atoms with Gasteiger partial charge >= 0.3 is 0 Å². The molecule has 5 heteroatoms. The number of hydrogen-bond acceptors (Lipinski definition) is 3. The molecule has 1 aromatic carbocycles. The monoisotopic (exact) mass is 243 g/mol. The van der Waals surface area contributed by atoms with E-state index in [4.69, 9.17) is 0 Å². The van der Waals surface area contributed by atoms with Crippen LogP contribution in [0.5, 0.6) is 0 Å². The Labute approximate surface area is 103 Å². The summed E-state index contributed by atoms with van der Waals surface area (Å²) < 4.78 is 12.6. The fourth-order valence-electron chi connectivity index (χ4n) is 1.27. The van der Waals surface area contributed by atoms with Crippen LogP contribution in [0.1, 0.15) is 16.1 Å². The number of benzene rings is 1. The lowest BCUT2D eigenvalue weighted by molar-refractivity contribution is 0.0950. The molecule has 0 aliphatic heterocycles. The van der Waals surface area contributed by atoms with Crippen molar-refractivity contribution >= 4 is 12.1 Å². The molecule has 0 fully saturated rings. The number of pyridine rings is 1. The molecule has 4 nitrogen and oxygen atoms in total. The predicted octanol–water partition coefficient (Wildman–Crippen LogP) is 1.98. The second kappa shape index (κ2) is 5.67. The summed E-state index contributed by atoms with van der Waals surface area (Å²) in [5.74, 6) is -0.710. The van der Waals surface area contributed by atoms with Crippen LogP contribution in [-0.2, 0) is 0 Å². The van der Waals surface area contributed by atoms with Gasteiger partial charge in [0.25, 0.3) is 5.91 Å². The number of halogens is 1. The Morgan fingerprint density at radius 3 is 2.67 bits per heavy atom. The van der Waals surface area contributed by atoms with E-state index in [0.717, 1.165) is 0 Å². The van der Waals surface area contributed by atoms with E-state index in [1.54, 1.807) is 30.3 Å². The van der Waals surface area contributed by atoms with Crippen molar-refractivity contribution in [3.63, 3.8) is 0 Å². The van der Waals surface area contributed by atoms with Gasteiger partial charge in [-0.25, -0.2) is 9.82 Å². The number of aromatic nitrogens is 1. The number of carbonyl (C=O) groups is 1. The number of nitrogens with zero attached hydrogens (tertiary/aromatic N) is 2. The molecule has 0 saturated heterocycles. The lowest BCUT2D eigenvalue weighted by Crippen LogP contribution is -2.18. The Hall–Kier alpha value is -2.56. The van der Waals surface area contributed by atoms with Crippen molar-refractivity contribution in [1.29, 1.82) is 0 Å². The van der Waals surface area contributed by atoms with E-state index in [1.165, 1.54) is 24.5 Å². The van der Waals surface area contributed by atoms with Gasteiger partial charge in [-0.1, -0.05) is 18.2 Å². The van der Waals surface area contributed by atoms with Gasteiger partial charge in [-0.15, -0.1) is 0 Å². The van der Waals surface area contributed by atoms with Crippen molar-refractivity contribution in [3.8, 4) is 0 Å². The number of nitrogens with one attached hydrogen (secondary N) is 1. The number of hydrogen-bond donors (Lipinski definition) is 1. The van der Waals surface area contributed by atoms with Gasteiger partial charge in [-0.2, -0.15) is 5.10 Å². The maximum absolute atomic E-state index is 12.6. The molecule has 0 aliphatic rings. The van der Waals surface area contributed by atoms with Crippen molar-refractivity contribution in [2.75, 3.05) is 0 Å². The highest BCUT2D eigenvalue weighted by molar-refractivity contribution is 5.92. The third kappa shape index (κ3) is 3.21. The fraction of sp³-hybridized carbons (Fsp3) is 0. The summed E-state index contributed by atoms with van der Waals surface area (Å²) in [5, 5.41) is 3.76. The third-order valence-electron chi connectivity index (χ3n) is 2.15. The molecule has 2 rings (SSSR count). The van der Waals surface area contributed by atoms with Gasteiger partial charge in [0.1, 0.15) is 11.5 Å². The number of amides is 1. The van der Waals surface area contributed by atoms with E-state index in [-0.39, 0.29) is 11.5 Å². The largest absolute Gasteiger partial charge is 0.289 e. The predicted molar refractivity (Wildman–Crippen MR) is 65.7 cm³/mol. The molecule has 0 aliphatic carbocycles. The Morgan fingerprint density at radius 1 is 1.22 bits per heavy atom. The van der Waals surface area contributed by atoms with Crippen LogP contribution in [0.4, 0.5) is 4.39 Å². The van der Waals surface area contributed by atoms with Crippen LogP contribution in [0.25, 0.3) is 0 Å². The van der Waals surface area contributed by atoms with Crippen LogP contribution in [0.2, 0.25) is 0 Å². The average Bonchev–Trinajstić information content (AvgIpc) is 2.42. The average molecular weight is 243 g/mol. The summed E-state index contributed by atoms with van der Waals surface area (Å²) in [6.07, 6.45) is 2.96. The van der Waals surface area contributed by atoms with Crippen LogP contribution >= 0.6 is 0 Å². The van der Waals surface area contributed by atoms with E-state index < -0.39 is 5.91 Å². The SMILES string of the molecule is O=C(N/N=C\c1ccc(F)cc1)c1ccccn1. The minimum Gasteiger partial charge on any atom is -0.266 e. The maximum Gasteiger partial charge on any atom is 0.289 e. The quantitative estimate of drug-likeness (QED) is 0.662. The van der Waals surface area contributed by atoms with Crippen LogP contribution in [-0.4, -0.2) is 17.1 Å². The zero-order valence-corrected chi connectivity index (χ0v) is 9.38. The Bertz CT molecular complexity index is 552. The molecule has 0 unspecified atom stereocenters. The molecule has 0 saturated carbocycles. The van der Waals surface area contributed by atoms with Crippen LogP contribution < -0.4 is 5.43 Å². The topological polar surface area (TPSA) is 54.4 Å². The molecular formula is C13H10FN3O. The molecule has 0 spiro atoms. The highest BCUT2D eigenvalue weighted by Crippen LogP contribution is 1.99. The van der Waals surface area contributed by atoms with Crippen molar-refractivity contribution in [3.05, 3.63) is 65.7 Å². The summed E-state index contributed by atoms with van der Waals surface area (Å²) >= 11 is 0. The second-order valence-corrected chi connectivity index (χ2v) is 3.47. The van der Waals surface area contributed by atoms with Crippen LogP contribution in [0.3, 0.4) is 0 Å². The van der Waals surface area contributed by atoms with E-state index in [9.17, 15) is 9.18 Å².